The Bertz CT molecular complexity index is 324. The number of urea groups is 1. The number of hydrogen-bond donors (Lipinski definition) is 1. The SMILES string of the molecule is C=CCN(C(=O)N(CC)C(C)(C)C(=O)O)C(C)C. The van der Waals surface area contributed by atoms with Crippen molar-refractivity contribution in [2.45, 2.75) is 46.2 Å². The molecule has 2 amide bonds. The molecule has 0 aliphatic rings. The number of carboxylic acid groups (broad SMARTS) is 1. The summed E-state index contributed by atoms with van der Waals surface area (Å²) in [5, 5.41) is 9.21. The molecule has 0 aromatic rings. The van der Waals surface area contributed by atoms with Gasteiger partial charge in [-0.1, -0.05) is 6.08 Å². The molecule has 0 unspecified atom stereocenters. The second-order valence-electron chi connectivity index (χ2n) is 4.93. The van der Waals surface area contributed by atoms with Crippen molar-refractivity contribution >= 4 is 12.0 Å². The molecule has 1 N–H and O–H groups in total. The van der Waals surface area contributed by atoms with Crippen LogP contribution in [0.15, 0.2) is 12.7 Å². The molecule has 0 spiro atoms. The minimum absolute atomic E-state index is 0.00542. The number of aliphatic carboxylic acids is 1. The van der Waals surface area contributed by atoms with E-state index in [0.29, 0.717) is 13.1 Å². The summed E-state index contributed by atoms with van der Waals surface area (Å²) in [5.41, 5.74) is -1.22. The summed E-state index contributed by atoms with van der Waals surface area (Å²) in [7, 11) is 0. The second kappa shape index (κ2) is 6.42. The molecule has 0 aliphatic carbocycles. The molecular weight excluding hydrogens is 232 g/mol. The van der Waals surface area contributed by atoms with Crippen molar-refractivity contribution in [3.63, 3.8) is 0 Å². The van der Waals surface area contributed by atoms with Crippen LogP contribution in [0, 0.1) is 0 Å². The number of likely N-dealkylation sites (N-methyl/N-ethyl adjacent to an activating group) is 1. The molecule has 5 heteroatoms. The lowest BCUT2D eigenvalue weighted by Crippen LogP contribution is -2.58. The lowest BCUT2D eigenvalue weighted by Gasteiger charge is -2.39. The summed E-state index contributed by atoms with van der Waals surface area (Å²) in [5.74, 6) is -1.01. The third-order valence-electron chi connectivity index (χ3n) is 2.94. The van der Waals surface area contributed by atoms with Crippen molar-refractivity contribution in [3.05, 3.63) is 12.7 Å². The highest BCUT2D eigenvalue weighted by atomic mass is 16.4. The molecule has 0 rings (SSSR count). The monoisotopic (exact) mass is 256 g/mol. The molecule has 0 fully saturated rings. The summed E-state index contributed by atoms with van der Waals surface area (Å²) in [6.45, 7) is 13.0. The molecule has 104 valence electrons. The number of amides is 2. The topological polar surface area (TPSA) is 60.9 Å². The lowest BCUT2D eigenvalue weighted by atomic mass is 10.0. The second-order valence-corrected chi connectivity index (χ2v) is 4.93. The largest absolute Gasteiger partial charge is 0.480 e. The van der Waals surface area contributed by atoms with Crippen LogP contribution < -0.4 is 0 Å². The zero-order chi connectivity index (χ0) is 14.5. The minimum Gasteiger partial charge on any atom is -0.480 e. The van der Waals surface area contributed by atoms with E-state index in [1.165, 1.54) is 18.7 Å². The van der Waals surface area contributed by atoms with E-state index in [0.717, 1.165) is 0 Å². The zero-order valence-electron chi connectivity index (χ0n) is 11.9. The average Bonchev–Trinajstić information content (AvgIpc) is 2.25. The third kappa shape index (κ3) is 3.48. The number of carboxylic acids is 1. The van der Waals surface area contributed by atoms with Crippen LogP contribution in [-0.2, 0) is 4.79 Å². The minimum atomic E-state index is -1.22. The van der Waals surface area contributed by atoms with Gasteiger partial charge >= 0.3 is 12.0 Å². The number of hydrogen-bond acceptors (Lipinski definition) is 2. The number of rotatable bonds is 6. The van der Waals surface area contributed by atoms with E-state index in [4.69, 9.17) is 0 Å². The van der Waals surface area contributed by atoms with E-state index < -0.39 is 11.5 Å². The van der Waals surface area contributed by atoms with Gasteiger partial charge in [-0.15, -0.1) is 6.58 Å². The third-order valence-corrected chi connectivity index (χ3v) is 2.94. The van der Waals surface area contributed by atoms with Gasteiger partial charge in [0.05, 0.1) is 0 Å². The highest BCUT2D eigenvalue weighted by Gasteiger charge is 2.38. The van der Waals surface area contributed by atoms with Crippen LogP contribution in [0.3, 0.4) is 0 Å². The predicted molar refractivity (Wildman–Crippen MR) is 71.5 cm³/mol. The summed E-state index contributed by atoms with van der Waals surface area (Å²) in [6.07, 6.45) is 1.64. The van der Waals surface area contributed by atoms with Gasteiger partial charge in [0.15, 0.2) is 0 Å². The van der Waals surface area contributed by atoms with Crippen LogP contribution in [0.5, 0.6) is 0 Å². The number of carbonyl (C=O) groups excluding carboxylic acids is 1. The zero-order valence-corrected chi connectivity index (χ0v) is 11.9. The van der Waals surface area contributed by atoms with Crippen LogP contribution in [0.25, 0.3) is 0 Å². The number of nitrogens with zero attached hydrogens (tertiary/aromatic N) is 2. The first-order valence-electron chi connectivity index (χ1n) is 6.12. The average molecular weight is 256 g/mol. The standard InChI is InChI=1S/C13H24N2O3/c1-7-9-14(10(3)4)12(18)15(8-2)13(5,6)11(16)17/h7,10H,1,8-9H2,2-6H3,(H,16,17). The molecule has 18 heavy (non-hydrogen) atoms. The Labute approximate surface area is 109 Å². The van der Waals surface area contributed by atoms with Crippen molar-refractivity contribution < 1.29 is 14.7 Å². The van der Waals surface area contributed by atoms with Gasteiger partial charge in [0, 0.05) is 19.1 Å². The maximum atomic E-state index is 12.4. The fourth-order valence-corrected chi connectivity index (χ4v) is 1.69. The van der Waals surface area contributed by atoms with E-state index in [-0.39, 0.29) is 12.1 Å². The molecule has 0 saturated heterocycles. The van der Waals surface area contributed by atoms with Crippen molar-refractivity contribution in [3.8, 4) is 0 Å². The Morgan fingerprint density at radius 2 is 1.89 bits per heavy atom. The first-order chi connectivity index (χ1) is 8.19. The summed E-state index contributed by atoms with van der Waals surface area (Å²) in [4.78, 5) is 26.6. The Hall–Kier alpha value is -1.52. The highest BCUT2D eigenvalue weighted by molar-refractivity contribution is 5.85. The molecule has 0 heterocycles. The fourth-order valence-electron chi connectivity index (χ4n) is 1.69. The van der Waals surface area contributed by atoms with Crippen LogP contribution in [-0.4, -0.2) is 51.6 Å². The van der Waals surface area contributed by atoms with E-state index in [2.05, 4.69) is 6.58 Å². The summed E-state index contributed by atoms with van der Waals surface area (Å²) >= 11 is 0. The van der Waals surface area contributed by atoms with Gasteiger partial charge in [-0.25, -0.2) is 9.59 Å². The molecule has 0 saturated carbocycles. The molecule has 0 aliphatic heterocycles. The van der Waals surface area contributed by atoms with E-state index in [1.54, 1.807) is 17.9 Å². The van der Waals surface area contributed by atoms with Crippen molar-refractivity contribution in [1.82, 2.24) is 9.80 Å². The molecule has 0 atom stereocenters. The summed E-state index contributed by atoms with van der Waals surface area (Å²) < 4.78 is 0. The quantitative estimate of drug-likeness (QED) is 0.741. The normalized spacial score (nSPS) is 11.2. The maximum Gasteiger partial charge on any atom is 0.329 e. The molecule has 0 bridgehead atoms. The first kappa shape index (κ1) is 16.5. The van der Waals surface area contributed by atoms with Gasteiger partial charge in [0.25, 0.3) is 0 Å². The summed E-state index contributed by atoms with van der Waals surface area (Å²) in [6, 6.07) is -0.283. The van der Waals surface area contributed by atoms with E-state index in [9.17, 15) is 14.7 Å². The Morgan fingerprint density at radius 3 is 2.17 bits per heavy atom. The van der Waals surface area contributed by atoms with Gasteiger partial charge in [-0.05, 0) is 34.6 Å². The Kier molecular flexibility index (Phi) is 5.88. The highest BCUT2D eigenvalue weighted by Crippen LogP contribution is 2.18. The van der Waals surface area contributed by atoms with Crippen LogP contribution in [0.1, 0.15) is 34.6 Å². The van der Waals surface area contributed by atoms with Gasteiger partial charge in [-0.2, -0.15) is 0 Å². The molecule has 0 aromatic heterocycles. The van der Waals surface area contributed by atoms with Crippen LogP contribution >= 0.6 is 0 Å². The molecule has 5 nitrogen and oxygen atoms in total. The Morgan fingerprint density at radius 1 is 1.39 bits per heavy atom. The van der Waals surface area contributed by atoms with Gasteiger partial charge in [0.2, 0.25) is 0 Å². The molecular formula is C13H24N2O3. The van der Waals surface area contributed by atoms with E-state index >= 15 is 0 Å². The van der Waals surface area contributed by atoms with Crippen molar-refractivity contribution in [2.24, 2.45) is 0 Å². The van der Waals surface area contributed by atoms with Crippen molar-refractivity contribution in [2.75, 3.05) is 13.1 Å². The van der Waals surface area contributed by atoms with Crippen molar-refractivity contribution in [1.29, 1.82) is 0 Å². The smallest absolute Gasteiger partial charge is 0.329 e. The van der Waals surface area contributed by atoms with Gasteiger partial charge in [0.1, 0.15) is 5.54 Å². The first-order valence-corrected chi connectivity index (χ1v) is 6.12. The van der Waals surface area contributed by atoms with Gasteiger partial charge in [-0.3, -0.25) is 0 Å². The van der Waals surface area contributed by atoms with E-state index in [1.807, 2.05) is 13.8 Å². The van der Waals surface area contributed by atoms with Gasteiger partial charge < -0.3 is 14.9 Å². The van der Waals surface area contributed by atoms with Crippen LogP contribution in [0.2, 0.25) is 0 Å². The molecule has 0 aromatic carbocycles. The lowest BCUT2D eigenvalue weighted by molar-refractivity contribution is -0.147. The number of carbonyl (C=O) groups is 2. The Balaban J connectivity index is 5.22. The predicted octanol–water partition coefficient (Wildman–Crippen LogP) is 2.19. The maximum absolute atomic E-state index is 12.4. The fraction of sp³-hybridized carbons (Fsp3) is 0.692. The molecule has 0 radical (unpaired) electrons. The van der Waals surface area contributed by atoms with Crippen LogP contribution in [0.4, 0.5) is 4.79 Å².